The van der Waals surface area contributed by atoms with Crippen LogP contribution in [0.1, 0.15) is 68.3 Å². The zero-order valence-electron chi connectivity index (χ0n) is 33.4. The third kappa shape index (κ3) is 5.58. The molecule has 0 radical (unpaired) electrons. The Morgan fingerprint density at radius 2 is 1.33 bits per heavy atom. The van der Waals surface area contributed by atoms with E-state index in [1.165, 1.54) is 82.8 Å². The molecule has 284 valence electrons. The molecule has 7 aromatic rings. The topological polar surface area (TPSA) is 9.86 Å². The van der Waals surface area contributed by atoms with Crippen molar-refractivity contribution in [3.63, 3.8) is 0 Å². The van der Waals surface area contributed by atoms with E-state index in [1.807, 2.05) is 0 Å². The molecule has 0 N–H and O–H groups in total. The largest absolute Gasteiger partial charge is 0.337 e. The summed E-state index contributed by atoms with van der Waals surface area (Å²) >= 11 is 0. The van der Waals surface area contributed by atoms with Crippen molar-refractivity contribution >= 4 is 73.7 Å². The van der Waals surface area contributed by atoms with Gasteiger partial charge in [0.2, 0.25) is 0 Å². The minimum Gasteiger partial charge on any atom is -0.337 e. The molecule has 0 saturated carbocycles. The lowest BCUT2D eigenvalue weighted by molar-refractivity contribution is 0.388. The average molecular weight is 767 g/mol. The fourth-order valence-corrected chi connectivity index (χ4v) is 16.4. The molecule has 2 heterocycles. The highest BCUT2D eigenvalue weighted by Gasteiger charge is 2.46. The quantitative estimate of drug-likeness (QED) is 0.0869. The second kappa shape index (κ2) is 14.5. The fraction of sp³-hybridized carbons (Fsp3) is 0.200. The lowest BCUT2D eigenvalue weighted by Crippen LogP contribution is -2.69. The molecule has 58 heavy (non-hydrogen) atoms. The van der Waals surface area contributed by atoms with E-state index in [0.29, 0.717) is 17.5 Å². The summed E-state index contributed by atoms with van der Waals surface area (Å²) in [4.78, 5) is 0. The molecule has 4 aliphatic carbocycles. The van der Waals surface area contributed by atoms with Crippen LogP contribution in [0.15, 0.2) is 176 Å². The smallest absolute Gasteiger partial charge is 0.155 e. The van der Waals surface area contributed by atoms with Crippen LogP contribution in [0.2, 0.25) is 5.54 Å². The Bertz CT molecular complexity index is 2850. The molecule has 0 aliphatic heterocycles. The lowest BCUT2D eigenvalue weighted by Gasteiger charge is -2.40. The van der Waals surface area contributed by atoms with Crippen molar-refractivity contribution in [1.82, 2.24) is 9.13 Å². The van der Waals surface area contributed by atoms with Gasteiger partial charge in [0, 0.05) is 50.2 Å². The van der Waals surface area contributed by atoms with Crippen molar-refractivity contribution in [2.45, 2.75) is 63.5 Å². The third-order valence-corrected chi connectivity index (χ3v) is 19.0. The van der Waals surface area contributed by atoms with E-state index in [4.69, 9.17) is 0 Å². The van der Waals surface area contributed by atoms with E-state index in [0.717, 1.165) is 38.5 Å². The van der Waals surface area contributed by atoms with Gasteiger partial charge in [-0.3, -0.25) is 0 Å². The number of allylic oxidation sites excluding steroid dienone is 11. The first kappa shape index (κ1) is 35.3. The van der Waals surface area contributed by atoms with Gasteiger partial charge in [-0.15, -0.1) is 0 Å². The molecule has 3 atom stereocenters. The molecule has 0 fully saturated rings. The molecule has 2 aromatic heterocycles. The van der Waals surface area contributed by atoms with Gasteiger partial charge in [-0.05, 0) is 113 Å². The molecule has 3 unspecified atom stereocenters. The Kier molecular flexibility index (Phi) is 8.81. The van der Waals surface area contributed by atoms with Gasteiger partial charge in [-0.2, -0.15) is 0 Å². The van der Waals surface area contributed by atoms with Crippen LogP contribution in [0.3, 0.4) is 0 Å². The highest BCUT2D eigenvalue weighted by molar-refractivity contribution is 7.12. The fourth-order valence-electron chi connectivity index (χ4n) is 11.1. The average Bonchev–Trinajstić information content (AvgIpc) is 3.80. The monoisotopic (exact) mass is 766 g/mol. The van der Waals surface area contributed by atoms with Crippen LogP contribution in [0.4, 0.5) is 0 Å². The van der Waals surface area contributed by atoms with Gasteiger partial charge in [0.05, 0.1) is 5.52 Å². The number of benzene rings is 5. The maximum absolute atomic E-state index is 2.65. The summed E-state index contributed by atoms with van der Waals surface area (Å²) < 4.78 is 5.21. The minimum absolute atomic E-state index is 0.336. The molecular formula is C55H50N2Si. The standard InChI is InChI=1S/C55H50N2Si/c1-39-17-11-14-26-51(39)57-53-28-16-13-24-47(53)49-37-41(31-35-55(49)57)40-29-32-45(33-30-40)58(43-20-7-3-8-21-43,44-22-9-4-10-23-44)46-34-36-54-50(38-46)48-25-12-15-27-52(48)56(54)42-18-5-2-6-19-42/h3-5,7-13,16-25,28-32,34-39,45,51H,2,6,14-15,26-27,33H2,1H3. The second-order valence-electron chi connectivity index (χ2n) is 16.9. The third-order valence-electron chi connectivity index (χ3n) is 13.8. The molecule has 11 rings (SSSR count). The van der Waals surface area contributed by atoms with Crippen molar-refractivity contribution in [3.8, 4) is 0 Å². The molecule has 2 nitrogen and oxygen atoms in total. The molecular weight excluding hydrogens is 717 g/mol. The summed E-state index contributed by atoms with van der Waals surface area (Å²) in [5, 5.41) is 8.52. The van der Waals surface area contributed by atoms with Crippen LogP contribution >= 0.6 is 0 Å². The number of aromatic nitrogens is 2. The molecule has 0 saturated heterocycles. The molecule has 0 bridgehead atoms. The Labute approximate surface area is 343 Å². The number of fused-ring (bicyclic) bond motifs is 6. The Balaban J connectivity index is 1.05. The molecule has 0 amide bonds. The number of hydrogen-bond donors (Lipinski definition) is 0. The van der Waals surface area contributed by atoms with Crippen LogP contribution in [0.25, 0.3) is 50.1 Å². The predicted molar refractivity (Wildman–Crippen MR) is 251 cm³/mol. The van der Waals surface area contributed by atoms with Crippen molar-refractivity contribution in [1.29, 1.82) is 0 Å². The first-order valence-corrected chi connectivity index (χ1v) is 23.7. The normalized spacial score (nSPS) is 20.5. The van der Waals surface area contributed by atoms with Crippen LogP contribution in [-0.4, -0.2) is 17.2 Å². The summed E-state index contributed by atoms with van der Waals surface area (Å²) in [6.07, 6.45) is 32.0. The molecule has 3 heteroatoms. The van der Waals surface area contributed by atoms with Crippen LogP contribution in [0.5, 0.6) is 0 Å². The first-order chi connectivity index (χ1) is 28.7. The summed E-state index contributed by atoms with van der Waals surface area (Å²) in [6.45, 7) is 2.38. The van der Waals surface area contributed by atoms with Crippen molar-refractivity contribution < 1.29 is 0 Å². The number of rotatable bonds is 7. The van der Waals surface area contributed by atoms with Gasteiger partial charge >= 0.3 is 0 Å². The van der Waals surface area contributed by atoms with Gasteiger partial charge in [0.1, 0.15) is 0 Å². The van der Waals surface area contributed by atoms with E-state index in [2.05, 4.69) is 198 Å². The Morgan fingerprint density at radius 3 is 2.09 bits per heavy atom. The maximum atomic E-state index is 2.64. The number of hydrogen-bond acceptors (Lipinski definition) is 0. The Hall–Kier alpha value is -5.90. The van der Waals surface area contributed by atoms with Crippen molar-refractivity contribution in [2.24, 2.45) is 5.92 Å². The summed E-state index contributed by atoms with van der Waals surface area (Å²) in [6, 6.07) is 47.4. The molecule has 0 spiro atoms. The van der Waals surface area contributed by atoms with Crippen LogP contribution in [-0.2, 0) is 6.42 Å². The van der Waals surface area contributed by atoms with Crippen molar-refractivity contribution in [2.75, 3.05) is 0 Å². The summed E-state index contributed by atoms with van der Waals surface area (Å²) in [5.41, 5.74) is 11.2. The number of para-hydroxylation sites is 1. The van der Waals surface area contributed by atoms with Crippen molar-refractivity contribution in [3.05, 3.63) is 193 Å². The van der Waals surface area contributed by atoms with E-state index < -0.39 is 8.07 Å². The zero-order chi connectivity index (χ0) is 38.6. The van der Waals surface area contributed by atoms with Crippen LogP contribution in [0, 0.1) is 5.92 Å². The highest BCUT2D eigenvalue weighted by atomic mass is 28.3. The second-order valence-corrected chi connectivity index (χ2v) is 21.0. The minimum atomic E-state index is -2.65. The Morgan fingerprint density at radius 1 is 0.569 bits per heavy atom. The van der Waals surface area contributed by atoms with Gasteiger partial charge in [-0.1, -0.05) is 159 Å². The van der Waals surface area contributed by atoms with Crippen LogP contribution < -0.4 is 15.6 Å². The maximum Gasteiger partial charge on any atom is 0.155 e. The number of nitrogens with zero attached hydrogens (tertiary/aromatic N) is 2. The van der Waals surface area contributed by atoms with Gasteiger partial charge in [0.25, 0.3) is 0 Å². The van der Waals surface area contributed by atoms with E-state index in [-0.39, 0.29) is 0 Å². The molecule has 4 aliphatic rings. The van der Waals surface area contributed by atoms with Gasteiger partial charge in [-0.25, -0.2) is 0 Å². The van der Waals surface area contributed by atoms with Gasteiger partial charge in [0.15, 0.2) is 8.07 Å². The SMILES string of the molecule is CC1C=CCCC1n1c2ccccc2c2cc(C3=CCC([Si](c4ccccc4)(c4ccccc4)c4ccc5c(c4)c4c(n5C5=CCCC=C5)CCC=C4)C=C3)ccc21. The van der Waals surface area contributed by atoms with Gasteiger partial charge < -0.3 is 9.13 Å². The van der Waals surface area contributed by atoms with E-state index in [9.17, 15) is 0 Å². The van der Waals surface area contributed by atoms with E-state index in [1.54, 1.807) is 0 Å². The van der Waals surface area contributed by atoms with E-state index >= 15 is 0 Å². The summed E-state index contributed by atoms with van der Waals surface area (Å²) in [5.74, 6) is 0.515. The lowest BCUT2D eigenvalue weighted by atomic mass is 9.91. The highest BCUT2D eigenvalue weighted by Crippen LogP contribution is 2.42. The first-order valence-electron chi connectivity index (χ1n) is 21.6. The molecule has 5 aromatic carbocycles. The predicted octanol–water partition coefficient (Wildman–Crippen LogP) is 12.3. The zero-order valence-corrected chi connectivity index (χ0v) is 34.4. The summed E-state index contributed by atoms with van der Waals surface area (Å²) in [7, 11) is -2.65.